The molecule has 156 valence electrons. The minimum Gasteiger partial charge on any atom is -0.487 e. The van der Waals surface area contributed by atoms with E-state index in [0.29, 0.717) is 11.6 Å². The lowest BCUT2D eigenvalue weighted by molar-refractivity contribution is -0.129. The molecule has 0 radical (unpaired) electrons. The number of ether oxygens (including phenoxy) is 2. The van der Waals surface area contributed by atoms with Crippen molar-refractivity contribution in [1.29, 1.82) is 0 Å². The van der Waals surface area contributed by atoms with E-state index >= 15 is 0 Å². The zero-order valence-electron chi connectivity index (χ0n) is 16.4. The highest BCUT2D eigenvalue weighted by Gasteiger charge is 2.25. The standard InChI is InChI=1S/C24H16FI2NO3/c1-14-5-2-3-8-18(14)23-28-21(24(29)31-23)12-16-10-19(26)22(20(27)11-16)30-13-15-6-4-7-17(25)9-15/h2-12H,13H2,1H3/b21-12-. The molecule has 7 heteroatoms. The summed E-state index contributed by atoms with van der Waals surface area (Å²) in [6, 6.07) is 17.8. The Bertz CT molecular complexity index is 1210. The summed E-state index contributed by atoms with van der Waals surface area (Å²) in [5.74, 6) is 0.260. The normalized spacial score (nSPS) is 14.5. The largest absolute Gasteiger partial charge is 0.487 e. The van der Waals surface area contributed by atoms with Crippen LogP contribution in [0.15, 0.2) is 71.4 Å². The van der Waals surface area contributed by atoms with Crippen LogP contribution in [0.2, 0.25) is 0 Å². The van der Waals surface area contributed by atoms with Gasteiger partial charge in [-0.25, -0.2) is 14.2 Å². The second-order valence-corrected chi connectivity index (χ2v) is 9.21. The molecule has 31 heavy (non-hydrogen) atoms. The third kappa shape index (κ3) is 5.15. The van der Waals surface area contributed by atoms with Gasteiger partial charge in [0.2, 0.25) is 5.90 Å². The third-order valence-electron chi connectivity index (χ3n) is 4.59. The second kappa shape index (κ2) is 9.47. The van der Waals surface area contributed by atoms with E-state index in [4.69, 9.17) is 9.47 Å². The fourth-order valence-electron chi connectivity index (χ4n) is 3.08. The average Bonchev–Trinajstić information content (AvgIpc) is 3.08. The van der Waals surface area contributed by atoms with E-state index in [2.05, 4.69) is 50.2 Å². The van der Waals surface area contributed by atoms with Gasteiger partial charge in [0.05, 0.1) is 7.14 Å². The first-order valence-corrected chi connectivity index (χ1v) is 11.5. The van der Waals surface area contributed by atoms with Crippen LogP contribution in [0.1, 0.15) is 22.3 Å². The number of benzene rings is 3. The topological polar surface area (TPSA) is 47.9 Å². The average molecular weight is 639 g/mol. The van der Waals surface area contributed by atoms with Crippen LogP contribution in [0.3, 0.4) is 0 Å². The molecule has 0 bridgehead atoms. The molecule has 4 nitrogen and oxygen atoms in total. The van der Waals surface area contributed by atoms with Gasteiger partial charge in [-0.1, -0.05) is 30.3 Å². The third-order valence-corrected chi connectivity index (χ3v) is 6.19. The Morgan fingerprint density at radius 3 is 2.52 bits per heavy atom. The van der Waals surface area contributed by atoms with Gasteiger partial charge in [0.25, 0.3) is 0 Å². The lowest BCUT2D eigenvalue weighted by atomic mass is 10.1. The molecule has 0 saturated carbocycles. The molecule has 0 unspecified atom stereocenters. The maximum absolute atomic E-state index is 13.4. The summed E-state index contributed by atoms with van der Waals surface area (Å²) in [5.41, 5.74) is 3.60. The van der Waals surface area contributed by atoms with Crippen LogP contribution >= 0.6 is 45.2 Å². The summed E-state index contributed by atoms with van der Waals surface area (Å²) in [6.45, 7) is 2.21. The highest BCUT2D eigenvalue weighted by atomic mass is 127. The molecule has 0 fully saturated rings. The number of esters is 1. The van der Waals surface area contributed by atoms with Gasteiger partial charge >= 0.3 is 5.97 Å². The molecule has 1 aliphatic rings. The molecular weight excluding hydrogens is 623 g/mol. The van der Waals surface area contributed by atoms with E-state index in [1.165, 1.54) is 12.1 Å². The van der Waals surface area contributed by atoms with Gasteiger partial charge in [-0.2, -0.15) is 0 Å². The predicted octanol–water partition coefficient (Wildman–Crippen LogP) is 6.27. The van der Waals surface area contributed by atoms with Gasteiger partial charge in [0.15, 0.2) is 5.70 Å². The van der Waals surface area contributed by atoms with Crippen molar-refractivity contribution in [2.45, 2.75) is 13.5 Å². The Labute approximate surface area is 206 Å². The molecule has 0 aliphatic carbocycles. The summed E-state index contributed by atoms with van der Waals surface area (Å²) in [5, 5.41) is 0. The maximum Gasteiger partial charge on any atom is 0.363 e. The first-order chi connectivity index (χ1) is 14.9. The number of cyclic esters (lactones) is 1. The first-order valence-electron chi connectivity index (χ1n) is 9.35. The van der Waals surface area contributed by atoms with E-state index in [-0.39, 0.29) is 18.1 Å². The van der Waals surface area contributed by atoms with Crippen molar-refractivity contribution in [3.05, 3.63) is 102 Å². The maximum atomic E-state index is 13.4. The molecular formula is C24H16FI2NO3. The zero-order chi connectivity index (χ0) is 22.0. The van der Waals surface area contributed by atoms with E-state index in [1.54, 1.807) is 12.1 Å². The number of aryl methyl sites for hydroxylation is 1. The Morgan fingerprint density at radius 2 is 1.81 bits per heavy atom. The van der Waals surface area contributed by atoms with Crippen LogP contribution in [0.5, 0.6) is 5.75 Å². The minimum atomic E-state index is -0.477. The van der Waals surface area contributed by atoms with E-state index in [0.717, 1.165) is 29.4 Å². The SMILES string of the molecule is Cc1ccccc1C1=N/C(=C\c2cc(I)c(OCc3cccc(F)c3)c(I)c2)C(=O)O1. The summed E-state index contributed by atoms with van der Waals surface area (Å²) >= 11 is 4.37. The Hall–Kier alpha value is -2.27. The molecule has 0 amide bonds. The highest BCUT2D eigenvalue weighted by molar-refractivity contribution is 14.1. The fraction of sp³-hybridized carbons (Fsp3) is 0.0833. The Morgan fingerprint density at radius 1 is 1.06 bits per heavy atom. The van der Waals surface area contributed by atoms with Crippen LogP contribution in [-0.2, 0) is 16.1 Å². The van der Waals surface area contributed by atoms with Crippen molar-refractivity contribution in [1.82, 2.24) is 0 Å². The van der Waals surface area contributed by atoms with E-state index in [1.807, 2.05) is 49.4 Å². The number of rotatable bonds is 5. The first kappa shape index (κ1) is 21.9. The van der Waals surface area contributed by atoms with Gasteiger partial charge in [0.1, 0.15) is 18.2 Å². The number of nitrogens with zero attached hydrogens (tertiary/aromatic N) is 1. The van der Waals surface area contributed by atoms with Crippen LogP contribution in [0, 0.1) is 19.9 Å². The van der Waals surface area contributed by atoms with Crippen molar-refractivity contribution in [2.24, 2.45) is 4.99 Å². The molecule has 1 aliphatic heterocycles. The molecule has 3 aromatic rings. The number of hydrogen-bond acceptors (Lipinski definition) is 4. The monoisotopic (exact) mass is 639 g/mol. The summed E-state index contributed by atoms with van der Waals surface area (Å²) in [7, 11) is 0. The Balaban J connectivity index is 1.57. The molecule has 0 atom stereocenters. The van der Waals surface area contributed by atoms with Crippen LogP contribution in [0.25, 0.3) is 6.08 Å². The fourth-order valence-corrected chi connectivity index (χ4v) is 5.21. The van der Waals surface area contributed by atoms with Crippen molar-refractivity contribution < 1.29 is 18.7 Å². The quantitative estimate of drug-likeness (QED) is 0.188. The number of hydrogen-bond donors (Lipinski definition) is 0. The molecule has 3 aromatic carbocycles. The Kier molecular flexibility index (Phi) is 6.71. The molecule has 1 heterocycles. The molecule has 4 rings (SSSR count). The van der Waals surface area contributed by atoms with Crippen molar-refractivity contribution in [3.8, 4) is 5.75 Å². The smallest absolute Gasteiger partial charge is 0.363 e. The molecule has 0 spiro atoms. The minimum absolute atomic E-state index is 0.248. The number of carbonyl (C=O) groups excluding carboxylic acids is 1. The van der Waals surface area contributed by atoms with Gasteiger partial charge < -0.3 is 9.47 Å². The zero-order valence-corrected chi connectivity index (χ0v) is 20.7. The molecule has 0 saturated heterocycles. The van der Waals surface area contributed by atoms with Gasteiger partial charge in [-0.05, 0) is 105 Å². The highest BCUT2D eigenvalue weighted by Crippen LogP contribution is 2.31. The molecule has 0 N–H and O–H groups in total. The number of carbonyl (C=O) groups is 1. The predicted molar refractivity (Wildman–Crippen MR) is 134 cm³/mol. The van der Waals surface area contributed by atoms with Crippen molar-refractivity contribution in [2.75, 3.05) is 0 Å². The van der Waals surface area contributed by atoms with E-state index < -0.39 is 5.97 Å². The van der Waals surface area contributed by atoms with Crippen LogP contribution in [-0.4, -0.2) is 11.9 Å². The van der Waals surface area contributed by atoms with Crippen molar-refractivity contribution >= 4 is 63.1 Å². The van der Waals surface area contributed by atoms with Gasteiger partial charge in [-0.3, -0.25) is 0 Å². The van der Waals surface area contributed by atoms with Crippen LogP contribution in [0.4, 0.5) is 4.39 Å². The number of aliphatic imine (C=N–C) groups is 1. The van der Waals surface area contributed by atoms with Gasteiger partial charge in [0, 0.05) is 5.56 Å². The second-order valence-electron chi connectivity index (χ2n) is 6.88. The van der Waals surface area contributed by atoms with Crippen molar-refractivity contribution in [3.63, 3.8) is 0 Å². The molecule has 0 aromatic heterocycles. The number of halogens is 3. The lowest BCUT2D eigenvalue weighted by Crippen LogP contribution is -2.06. The summed E-state index contributed by atoms with van der Waals surface area (Å²) in [4.78, 5) is 16.7. The van der Waals surface area contributed by atoms with Crippen LogP contribution < -0.4 is 4.74 Å². The van der Waals surface area contributed by atoms with E-state index in [9.17, 15) is 9.18 Å². The lowest BCUT2D eigenvalue weighted by Gasteiger charge is -2.11. The summed E-state index contributed by atoms with van der Waals surface area (Å²) < 4.78 is 26.4. The van der Waals surface area contributed by atoms with Gasteiger partial charge in [-0.15, -0.1) is 0 Å². The summed E-state index contributed by atoms with van der Waals surface area (Å²) in [6.07, 6.45) is 1.70.